The zero-order chi connectivity index (χ0) is 8.10. The molecule has 3 N–H and O–H groups in total. The SMILES string of the molecule is NCCC(O)C1C[CH]CCC1. The van der Waals surface area contributed by atoms with E-state index in [2.05, 4.69) is 6.42 Å². The summed E-state index contributed by atoms with van der Waals surface area (Å²) in [6.45, 7) is 0.609. The van der Waals surface area contributed by atoms with E-state index < -0.39 is 0 Å². The summed E-state index contributed by atoms with van der Waals surface area (Å²) < 4.78 is 0. The number of aliphatic hydroxyl groups excluding tert-OH is 1. The summed E-state index contributed by atoms with van der Waals surface area (Å²) in [4.78, 5) is 0. The number of hydrogen-bond acceptors (Lipinski definition) is 2. The van der Waals surface area contributed by atoms with E-state index in [4.69, 9.17) is 5.73 Å². The highest BCUT2D eigenvalue weighted by molar-refractivity contribution is 4.81. The van der Waals surface area contributed by atoms with Crippen LogP contribution in [0.15, 0.2) is 0 Å². The average molecular weight is 156 g/mol. The second-order valence-electron chi connectivity index (χ2n) is 3.36. The first kappa shape index (κ1) is 9.01. The first-order chi connectivity index (χ1) is 5.34. The van der Waals surface area contributed by atoms with Crippen molar-refractivity contribution in [3.05, 3.63) is 6.42 Å². The van der Waals surface area contributed by atoms with Crippen molar-refractivity contribution in [2.75, 3.05) is 6.54 Å². The first-order valence-corrected chi connectivity index (χ1v) is 4.54. The Balaban J connectivity index is 2.21. The summed E-state index contributed by atoms with van der Waals surface area (Å²) in [5, 5.41) is 9.57. The van der Waals surface area contributed by atoms with Crippen LogP contribution in [-0.4, -0.2) is 17.8 Å². The molecule has 0 heterocycles. The number of hydrogen-bond donors (Lipinski definition) is 2. The third kappa shape index (κ3) is 2.80. The second kappa shape index (κ2) is 4.73. The molecular weight excluding hydrogens is 138 g/mol. The summed E-state index contributed by atoms with van der Waals surface area (Å²) in [6.07, 6.45) is 7.63. The molecular formula is C9H18NO. The van der Waals surface area contributed by atoms with Crippen LogP contribution >= 0.6 is 0 Å². The van der Waals surface area contributed by atoms with Crippen molar-refractivity contribution in [1.82, 2.24) is 0 Å². The van der Waals surface area contributed by atoms with Crippen LogP contribution in [0.2, 0.25) is 0 Å². The van der Waals surface area contributed by atoms with Gasteiger partial charge in [-0.3, -0.25) is 0 Å². The number of aliphatic hydroxyl groups is 1. The maximum atomic E-state index is 9.57. The van der Waals surface area contributed by atoms with Crippen molar-refractivity contribution in [2.24, 2.45) is 11.7 Å². The minimum atomic E-state index is -0.156. The molecule has 0 aromatic carbocycles. The normalized spacial score (nSPS) is 23.5. The van der Waals surface area contributed by atoms with Gasteiger partial charge in [0, 0.05) is 0 Å². The number of rotatable bonds is 3. The maximum Gasteiger partial charge on any atom is 0.0580 e. The topological polar surface area (TPSA) is 46.2 Å². The van der Waals surface area contributed by atoms with Gasteiger partial charge >= 0.3 is 0 Å². The summed E-state index contributed by atoms with van der Waals surface area (Å²) in [7, 11) is 0. The Morgan fingerprint density at radius 3 is 3.00 bits per heavy atom. The molecule has 2 atom stereocenters. The molecule has 2 nitrogen and oxygen atoms in total. The van der Waals surface area contributed by atoms with Crippen LogP contribution in [0.25, 0.3) is 0 Å². The third-order valence-electron chi connectivity index (χ3n) is 2.46. The molecule has 0 amide bonds. The largest absolute Gasteiger partial charge is 0.393 e. The van der Waals surface area contributed by atoms with Crippen LogP contribution in [0.5, 0.6) is 0 Å². The minimum Gasteiger partial charge on any atom is -0.393 e. The van der Waals surface area contributed by atoms with E-state index in [0.29, 0.717) is 12.5 Å². The van der Waals surface area contributed by atoms with E-state index in [0.717, 1.165) is 12.8 Å². The van der Waals surface area contributed by atoms with Crippen molar-refractivity contribution in [2.45, 2.75) is 38.2 Å². The molecule has 2 heteroatoms. The summed E-state index contributed by atoms with van der Waals surface area (Å²) in [5.41, 5.74) is 5.37. The van der Waals surface area contributed by atoms with Gasteiger partial charge in [-0.2, -0.15) is 0 Å². The maximum absolute atomic E-state index is 9.57. The fraction of sp³-hybridized carbons (Fsp3) is 0.889. The predicted molar refractivity (Wildman–Crippen MR) is 45.9 cm³/mol. The Bertz CT molecular complexity index is 99.7. The van der Waals surface area contributed by atoms with Gasteiger partial charge in [-0.15, -0.1) is 0 Å². The zero-order valence-corrected chi connectivity index (χ0v) is 7.00. The molecule has 0 aromatic rings. The van der Waals surface area contributed by atoms with Gasteiger partial charge in [0.25, 0.3) is 0 Å². The van der Waals surface area contributed by atoms with E-state index >= 15 is 0 Å². The lowest BCUT2D eigenvalue weighted by atomic mass is 9.84. The van der Waals surface area contributed by atoms with Crippen molar-refractivity contribution < 1.29 is 5.11 Å². The highest BCUT2D eigenvalue weighted by Crippen LogP contribution is 2.26. The molecule has 1 fully saturated rings. The molecule has 1 rings (SSSR count). The van der Waals surface area contributed by atoms with Crippen LogP contribution in [0.3, 0.4) is 0 Å². The van der Waals surface area contributed by atoms with Gasteiger partial charge < -0.3 is 10.8 Å². The predicted octanol–water partition coefficient (Wildman–Crippen LogP) is 1.09. The summed E-state index contributed by atoms with van der Waals surface area (Å²) >= 11 is 0. The van der Waals surface area contributed by atoms with E-state index in [1.807, 2.05) is 0 Å². The molecule has 0 bridgehead atoms. The molecule has 11 heavy (non-hydrogen) atoms. The average Bonchev–Trinajstić information content (AvgIpc) is 2.07. The fourth-order valence-corrected chi connectivity index (χ4v) is 1.73. The highest BCUT2D eigenvalue weighted by Gasteiger charge is 2.20. The van der Waals surface area contributed by atoms with E-state index in [1.165, 1.54) is 19.3 Å². The van der Waals surface area contributed by atoms with Gasteiger partial charge in [-0.25, -0.2) is 0 Å². The van der Waals surface area contributed by atoms with Gasteiger partial charge in [0.1, 0.15) is 0 Å². The van der Waals surface area contributed by atoms with Gasteiger partial charge in [0.05, 0.1) is 6.10 Å². The molecule has 2 unspecified atom stereocenters. The lowest BCUT2D eigenvalue weighted by molar-refractivity contribution is 0.0881. The third-order valence-corrected chi connectivity index (χ3v) is 2.46. The highest BCUT2D eigenvalue weighted by atomic mass is 16.3. The summed E-state index contributed by atoms with van der Waals surface area (Å²) in [5.74, 6) is 0.493. The first-order valence-electron chi connectivity index (χ1n) is 4.54. The van der Waals surface area contributed by atoms with Gasteiger partial charge in [-0.05, 0) is 38.1 Å². The molecule has 0 saturated heterocycles. The lowest BCUT2D eigenvalue weighted by Gasteiger charge is -2.25. The Hall–Kier alpha value is -0.0800. The fourth-order valence-electron chi connectivity index (χ4n) is 1.73. The minimum absolute atomic E-state index is 0.156. The molecule has 1 aliphatic carbocycles. The second-order valence-corrected chi connectivity index (χ2v) is 3.36. The van der Waals surface area contributed by atoms with Gasteiger partial charge in [-0.1, -0.05) is 12.8 Å². The Morgan fingerprint density at radius 1 is 1.64 bits per heavy atom. The summed E-state index contributed by atoms with van der Waals surface area (Å²) in [6, 6.07) is 0. The van der Waals surface area contributed by atoms with Crippen LogP contribution < -0.4 is 5.73 Å². The van der Waals surface area contributed by atoms with E-state index in [1.54, 1.807) is 0 Å². The van der Waals surface area contributed by atoms with E-state index in [-0.39, 0.29) is 6.10 Å². The Labute approximate surface area is 68.8 Å². The zero-order valence-electron chi connectivity index (χ0n) is 7.00. The van der Waals surface area contributed by atoms with Crippen molar-refractivity contribution in [3.8, 4) is 0 Å². The quantitative estimate of drug-likeness (QED) is 0.642. The smallest absolute Gasteiger partial charge is 0.0580 e. The lowest BCUT2D eigenvalue weighted by Crippen LogP contribution is -2.25. The standard InChI is InChI=1S/C9H18NO/c10-7-6-9(11)8-4-2-1-3-5-8/h2,8-9,11H,1,3-7,10H2. The Kier molecular flexibility index (Phi) is 3.87. The molecule has 0 aliphatic heterocycles. The van der Waals surface area contributed by atoms with E-state index in [9.17, 15) is 5.11 Å². The van der Waals surface area contributed by atoms with Crippen LogP contribution in [0.1, 0.15) is 32.1 Å². The molecule has 0 spiro atoms. The molecule has 1 aliphatic rings. The van der Waals surface area contributed by atoms with Gasteiger partial charge in [0.15, 0.2) is 0 Å². The molecule has 0 aromatic heterocycles. The van der Waals surface area contributed by atoms with Crippen LogP contribution in [0, 0.1) is 12.3 Å². The number of nitrogens with two attached hydrogens (primary N) is 1. The molecule has 1 radical (unpaired) electrons. The Morgan fingerprint density at radius 2 is 2.45 bits per heavy atom. The van der Waals surface area contributed by atoms with Crippen molar-refractivity contribution >= 4 is 0 Å². The molecule has 1 saturated carbocycles. The monoisotopic (exact) mass is 156 g/mol. The van der Waals surface area contributed by atoms with Crippen molar-refractivity contribution in [1.29, 1.82) is 0 Å². The van der Waals surface area contributed by atoms with Gasteiger partial charge in [0.2, 0.25) is 0 Å². The van der Waals surface area contributed by atoms with Crippen LogP contribution in [-0.2, 0) is 0 Å². The van der Waals surface area contributed by atoms with Crippen molar-refractivity contribution in [3.63, 3.8) is 0 Å². The van der Waals surface area contributed by atoms with Crippen LogP contribution in [0.4, 0.5) is 0 Å². The molecule has 65 valence electrons.